The predicted molar refractivity (Wildman–Crippen MR) is 66.1 cm³/mol. The number of carbonyl (C=O) groups is 2. The molecule has 5 heteroatoms. The molecule has 2 rings (SSSR count). The van der Waals surface area contributed by atoms with Gasteiger partial charge in [0.15, 0.2) is 0 Å². The number of hydrogen-bond donors (Lipinski definition) is 1. The van der Waals surface area contributed by atoms with Crippen molar-refractivity contribution in [3.63, 3.8) is 0 Å². The summed E-state index contributed by atoms with van der Waals surface area (Å²) < 4.78 is 5.75. The first-order valence-electron chi connectivity index (χ1n) is 5.63. The fourth-order valence-electron chi connectivity index (χ4n) is 1.96. The fraction of sp³-hybridized carbons (Fsp3) is 0.385. The van der Waals surface area contributed by atoms with Gasteiger partial charge in [-0.2, -0.15) is 0 Å². The van der Waals surface area contributed by atoms with Crippen LogP contribution in [0.25, 0.3) is 0 Å². The molecule has 1 N–H and O–H groups in total. The zero-order valence-electron chi connectivity index (χ0n) is 10.6. The van der Waals surface area contributed by atoms with Gasteiger partial charge in [0.1, 0.15) is 11.4 Å². The minimum Gasteiger partial charge on any atom is -0.485 e. The topological polar surface area (TPSA) is 66.8 Å². The monoisotopic (exact) mass is 249 g/mol. The van der Waals surface area contributed by atoms with Crippen molar-refractivity contribution in [2.24, 2.45) is 0 Å². The predicted octanol–water partition coefficient (Wildman–Crippen LogP) is 1.91. The molecule has 0 fully saturated rings. The van der Waals surface area contributed by atoms with E-state index in [2.05, 4.69) is 0 Å². The maximum absolute atomic E-state index is 11.9. The Kier molecular flexibility index (Phi) is 2.77. The summed E-state index contributed by atoms with van der Waals surface area (Å²) in [5.74, 6) is -0.646. The molecule has 1 aliphatic rings. The lowest BCUT2D eigenvalue weighted by Gasteiger charge is -2.23. The van der Waals surface area contributed by atoms with Gasteiger partial charge in [0.05, 0.1) is 17.7 Å². The zero-order chi connectivity index (χ0) is 13.5. The molecule has 0 bridgehead atoms. The van der Waals surface area contributed by atoms with Crippen LogP contribution in [0.3, 0.4) is 0 Å². The fourth-order valence-corrected chi connectivity index (χ4v) is 1.96. The van der Waals surface area contributed by atoms with Crippen LogP contribution in [0, 0.1) is 0 Å². The molecule has 1 aliphatic heterocycles. The summed E-state index contributed by atoms with van der Waals surface area (Å²) in [4.78, 5) is 24.4. The van der Waals surface area contributed by atoms with Crippen LogP contribution in [0.1, 0.15) is 30.6 Å². The maximum Gasteiger partial charge on any atom is 0.335 e. The Bertz CT molecular complexity index is 522. The number of benzene rings is 1. The number of anilines is 1. The molecular formula is C13H15NO4. The number of carbonyl (C=O) groups excluding carboxylic acids is 1. The van der Waals surface area contributed by atoms with Crippen molar-refractivity contribution in [1.82, 2.24) is 0 Å². The Labute approximate surface area is 105 Å². The first kappa shape index (κ1) is 12.4. The third-order valence-corrected chi connectivity index (χ3v) is 2.91. The Morgan fingerprint density at radius 1 is 1.44 bits per heavy atom. The van der Waals surface area contributed by atoms with Crippen molar-refractivity contribution in [3.05, 3.63) is 23.8 Å². The Balaban J connectivity index is 2.54. The summed E-state index contributed by atoms with van der Waals surface area (Å²) in [7, 11) is 1.66. The summed E-state index contributed by atoms with van der Waals surface area (Å²) in [5, 5.41) is 8.97. The minimum atomic E-state index is -1.02. The summed E-state index contributed by atoms with van der Waals surface area (Å²) >= 11 is 0. The maximum atomic E-state index is 11.9. The van der Waals surface area contributed by atoms with E-state index in [1.807, 2.05) is 0 Å². The Morgan fingerprint density at radius 2 is 2.11 bits per heavy atom. The summed E-state index contributed by atoms with van der Waals surface area (Å²) in [6.07, 6.45) is 0.251. The van der Waals surface area contributed by atoms with E-state index < -0.39 is 11.6 Å². The molecule has 0 saturated heterocycles. The van der Waals surface area contributed by atoms with E-state index in [1.165, 1.54) is 17.0 Å². The SMILES string of the molecule is CN1C(=O)CC(C)(C)Oc2cc(C(=O)O)ccc21. The van der Waals surface area contributed by atoms with E-state index in [0.717, 1.165) is 0 Å². The molecular weight excluding hydrogens is 234 g/mol. The van der Waals surface area contributed by atoms with Crippen molar-refractivity contribution >= 4 is 17.6 Å². The third kappa shape index (κ3) is 2.16. The second kappa shape index (κ2) is 4.01. The molecule has 5 nitrogen and oxygen atoms in total. The number of carboxylic acid groups (broad SMARTS) is 1. The number of rotatable bonds is 1. The van der Waals surface area contributed by atoms with Crippen LogP contribution in [-0.2, 0) is 4.79 Å². The highest BCUT2D eigenvalue weighted by molar-refractivity contribution is 5.97. The summed E-state index contributed by atoms with van der Waals surface area (Å²) in [6, 6.07) is 4.51. The molecule has 0 saturated carbocycles. The largest absolute Gasteiger partial charge is 0.485 e. The average molecular weight is 249 g/mol. The van der Waals surface area contributed by atoms with Crippen molar-refractivity contribution in [2.75, 3.05) is 11.9 Å². The number of nitrogens with zero attached hydrogens (tertiary/aromatic N) is 1. The highest BCUT2D eigenvalue weighted by Crippen LogP contribution is 2.36. The number of hydrogen-bond acceptors (Lipinski definition) is 3. The lowest BCUT2D eigenvalue weighted by atomic mass is 10.1. The minimum absolute atomic E-state index is 0.0539. The number of fused-ring (bicyclic) bond motifs is 1. The van der Waals surface area contributed by atoms with Crippen LogP contribution in [0.15, 0.2) is 18.2 Å². The van der Waals surface area contributed by atoms with E-state index in [-0.39, 0.29) is 17.9 Å². The molecule has 0 radical (unpaired) electrons. The highest BCUT2D eigenvalue weighted by Gasteiger charge is 2.32. The molecule has 1 heterocycles. The van der Waals surface area contributed by atoms with Crippen LogP contribution in [0.5, 0.6) is 5.75 Å². The van der Waals surface area contributed by atoms with Gasteiger partial charge >= 0.3 is 5.97 Å². The zero-order valence-corrected chi connectivity index (χ0v) is 10.6. The first-order chi connectivity index (χ1) is 8.30. The molecule has 18 heavy (non-hydrogen) atoms. The highest BCUT2D eigenvalue weighted by atomic mass is 16.5. The lowest BCUT2D eigenvalue weighted by molar-refractivity contribution is -0.120. The van der Waals surface area contributed by atoms with Gasteiger partial charge in [-0.15, -0.1) is 0 Å². The average Bonchev–Trinajstić information content (AvgIpc) is 2.33. The van der Waals surface area contributed by atoms with Crippen LogP contribution in [0.2, 0.25) is 0 Å². The van der Waals surface area contributed by atoms with Gasteiger partial charge in [0.2, 0.25) is 5.91 Å². The van der Waals surface area contributed by atoms with Gasteiger partial charge in [0, 0.05) is 7.05 Å². The first-order valence-corrected chi connectivity index (χ1v) is 5.63. The third-order valence-electron chi connectivity index (χ3n) is 2.91. The standard InChI is InChI=1S/C13H15NO4/c1-13(2)7-11(15)14(3)9-5-4-8(12(16)17)6-10(9)18-13/h4-6H,7H2,1-3H3,(H,16,17). The molecule has 0 atom stereocenters. The van der Waals surface area contributed by atoms with E-state index in [4.69, 9.17) is 9.84 Å². The second-order valence-corrected chi connectivity index (χ2v) is 4.98. The molecule has 96 valence electrons. The molecule has 1 amide bonds. The Hall–Kier alpha value is -2.04. The molecule has 0 unspecified atom stereocenters. The molecule has 1 aromatic rings. The Morgan fingerprint density at radius 3 is 2.72 bits per heavy atom. The normalized spacial score (nSPS) is 17.7. The molecule has 1 aromatic carbocycles. The lowest BCUT2D eigenvalue weighted by Crippen LogP contribution is -2.34. The summed E-state index contributed by atoms with van der Waals surface area (Å²) in [6.45, 7) is 3.61. The van der Waals surface area contributed by atoms with Crippen LogP contribution >= 0.6 is 0 Å². The molecule has 0 aromatic heterocycles. The number of carboxylic acids is 1. The van der Waals surface area contributed by atoms with Crippen molar-refractivity contribution in [2.45, 2.75) is 25.9 Å². The number of amides is 1. The van der Waals surface area contributed by atoms with E-state index in [9.17, 15) is 9.59 Å². The van der Waals surface area contributed by atoms with E-state index in [1.54, 1.807) is 27.0 Å². The van der Waals surface area contributed by atoms with Crippen molar-refractivity contribution < 1.29 is 19.4 Å². The van der Waals surface area contributed by atoms with Crippen molar-refractivity contribution in [1.29, 1.82) is 0 Å². The van der Waals surface area contributed by atoms with Crippen molar-refractivity contribution in [3.8, 4) is 5.75 Å². The smallest absolute Gasteiger partial charge is 0.335 e. The van der Waals surface area contributed by atoms with Gasteiger partial charge in [-0.05, 0) is 32.0 Å². The van der Waals surface area contributed by atoms with Gasteiger partial charge in [-0.25, -0.2) is 4.79 Å². The van der Waals surface area contributed by atoms with Crippen LogP contribution < -0.4 is 9.64 Å². The van der Waals surface area contributed by atoms with Gasteiger partial charge in [-0.3, -0.25) is 4.79 Å². The summed E-state index contributed by atoms with van der Waals surface area (Å²) in [5.41, 5.74) is 0.0937. The van der Waals surface area contributed by atoms with Crippen LogP contribution in [-0.4, -0.2) is 29.6 Å². The van der Waals surface area contributed by atoms with E-state index >= 15 is 0 Å². The molecule has 0 spiro atoms. The quantitative estimate of drug-likeness (QED) is 0.825. The van der Waals surface area contributed by atoms with Crippen LogP contribution in [0.4, 0.5) is 5.69 Å². The number of ether oxygens (including phenoxy) is 1. The molecule has 0 aliphatic carbocycles. The van der Waals surface area contributed by atoms with Gasteiger partial charge in [0.25, 0.3) is 0 Å². The van der Waals surface area contributed by atoms with Gasteiger partial charge < -0.3 is 14.7 Å². The second-order valence-electron chi connectivity index (χ2n) is 4.98. The number of aromatic carboxylic acids is 1. The van der Waals surface area contributed by atoms with E-state index in [0.29, 0.717) is 11.4 Å². The van der Waals surface area contributed by atoms with Gasteiger partial charge in [-0.1, -0.05) is 0 Å².